The van der Waals surface area contributed by atoms with E-state index in [1.54, 1.807) is 0 Å². The Bertz CT molecular complexity index is 399. The molecule has 1 fully saturated rings. The van der Waals surface area contributed by atoms with Gasteiger partial charge in [0, 0.05) is 10.5 Å². The Labute approximate surface area is 122 Å². The van der Waals surface area contributed by atoms with Gasteiger partial charge in [-0.2, -0.15) is 0 Å². The first-order valence-electron chi connectivity index (χ1n) is 6.92. The molecule has 104 valence electrons. The summed E-state index contributed by atoms with van der Waals surface area (Å²) in [7, 11) is 0. The number of benzene rings is 1. The van der Waals surface area contributed by atoms with Crippen molar-refractivity contribution < 1.29 is 9.53 Å². The number of carbonyl (C=O) groups excluding carboxylic acids is 1. The highest BCUT2D eigenvalue weighted by molar-refractivity contribution is 9.10. The molecule has 1 amide bonds. The van der Waals surface area contributed by atoms with Gasteiger partial charge in [0.1, 0.15) is 5.75 Å². The summed E-state index contributed by atoms with van der Waals surface area (Å²) < 4.78 is 6.56. The van der Waals surface area contributed by atoms with Crippen molar-refractivity contribution in [1.82, 2.24) is 5.32 Å². The second kappa shape index (κ2) is 7.53. The molecule has 0 saturated heterocycles. The van der Waals surface area contributed by atoms with Crippen molar-refractivity contribution >= 4 is 21.8 Å². The number of hydrogen-bond acceptors (Lipinski definition) is 2. The second-order valence-electron chi connectivity index (χ2n) is 4.95. The van der Waals surface area contributed by atoms with E-state index in [4.69, 9.17) is 4.74 Å². The van der Waals surface area contributed by atoms with Gasteiger partial charge in [-0.15, -0.1) is 0 Å². The highest BCUT2D eigenvalue weighted by Crippen LogP contribution is 2.18. The van der Waals surface area contributed by atoms with E-state index in [-0.39, 0.29) is 5.91 Å². The fourth-order valence-corrected chi connectivity index (χ4v) is 2.60. The number of ether oxygens (including phenoxy) is 1. The second-order valence-corrected chi connectivity index (χ2v) is 5.87. The van der Waals surface area contributed by atoms with Crippen molar-refractivity contribution in [2.75, 3.05) is 6.61 Å². The highest BCUT2D eigenvalue weighted by Gasteiger charge is 2.15. The molecule has 0 unspecified atom stereocenters. The molecule has 3 nitrogen and oxygen atoms in total. The van der Waals surface area contributed by atoms with Crippen molar-refractivity contribution in [1.29, 1.82) is 0 Å². The maximum absolute atomic E-state index is 11.8. The van der Waals surface area contributed by atoms with Gasteiger partial charge in [-0.1, -0.05) is 35.2 Å². The Morgan fingerprint density at radius 1 is 1.21 bits per heavy atom. The molecule has 1 saturated carbocycles. The largest absolute Gasteiger partial charge is 0.493 e. The molecular formula is C15H20BrNO2. The van der Waals surface area contributed by atoms with Crippen molar-refractivity contribution in [2.45, 2.75) is 44.6 Å². The van der Waals surface area contributed by atoms with Gasteiger partial charge in [0.15, 0.2) is 0 Å². The summed E-state index contributed by atoms with van der Waals surface area (Å²) in [4.78, 5) is 11.8. The van der Waals surface area contributed by atoms with E-state index in [2.05, 4.69) is 21.2 Å². The molecule has 0 bridgehead atoms. The molecule has 0 spiro atoms. The van der Waals surface area contributed by atoms with Crippen molar-refractivity contribution in [3.63, 3.8) is 0 Å². The summed E-state index contributed by atoms with van der Waals surface area (Å²) in [6.07, 6.45) is 6.45. The van der Waals surface area contributed by atoms with Crippen molar-refractivity contribution in [2.24, 2.45) is 0 Å². The number of rotatable bonds is 5. The molecular weight excluding hydrogens is 306 g/mol. The Kier molecular flexibility index (Phi) is 5.70. The van der Waals surface area contributed by atoms with Crippen LogP contribution in [0.25, 0.3) is 0 Å². The quantitative estimate of drug-likeness (QED) is 0.897. The summed E-state index contributed by atoms with van der Waals surface area (Å²) in [6, 6.07) is 8.02. The van der Waals surface area contributed by atoms with Gasteiger partial charge in [0.25, 0.3) is 0 Å². The third-order valence-electron chi connectivity index (χ3n) is 3.38. The van der Waals surface area contributed by atoms with Crippen LogP contribution >= 0.6 is 15.9 Å². The maximum Gasteiger partial charge on any atom is 0.223 e. The zero-order chi connectivity index (χ0) is 13.5. The molecule has 1 N–H and O–H groups in total. The lowest BCUT2D eigenvalue weighted by atomic mass is 9.95. The molecule has 0 aliphatic heterocycles. The van der Waals surface area contributed by atoms with Gasteiger partial charge in [-0.05, 0) is 37.1 Å². The smallest absolute Gasteiger partial charge is 0.223 e. The molecule has 4 heteroatoms. The van der Waals surface area contributed by atoms with Crippen LogP contribution in [0.5, 0.6) is 5.75 Å². The molecule has 2 rings (SSSR count). The predicted molar refractivity (Wildman–Crippen MR) is 79.3 cm³/mol. The first-order valence-corrected chi connectivity index (χ1v) is 7.71. The maximum atomic E-state index is 11.8. The topological polar surface area (TPSA) is 38.3 Å². The minimum atomic E-state index is 0.101. The first-order chi connectivity index (χ1) is 9.24. The SMILES string of the molecule is O=C(CCOc1ccc(Br)cc1)NC1CCCCC1. The summed E-state index contributed by atoms with van der Waals surface area (Å²) >= 11 is 3.37. The highest BCUT2D eigenvalue weighted by atomic mass is 79.9. The third kappa shape index (κ3) is 5.23. The number of hydrogen-bond donors (Lipinski definition) is 1. The van der Waals surface area contributed by atoms with Gasteiger partial charge in [0.05, 0.1) is 13.0 Å². The van der Waals surface area contributed by atoms with Gasteiger partial charge in [0.2, 0.25) is 5.91 Å². The van der Waals surface area contributed by atoms with E-state index in [9.17, 15) is 4.79 Å². The Balaban J connectivity index is 1.64. The molecule has 0 heterocycles. The number of halogens is 1. The number of carbonyl (C=O) groups is 1. The van der Waals surface area contributed by atoms with Crippen molar-refractivity contribution in [3.8, 4) is 5.75 Å². The molecule has 1 aromatic rings. The lowest BCUT2D eigenvalue weighted by Gasteiger charge is -2.22. The normalized spacial score (nSPS) is 16.1. The van der Waals surface area contributed by atoms with Crippen LogP contribution in [0.4, 0.5) is 0 Å². The van der Waals surface area contributed by atoms with Crippen LogP contribution in [0, 0.1) is 0 Å². The van der Waals surface area contributed by atoms with E-state index in [1.165, 1.54) is 19.3 Å². The molecule has 1 aliphatic carbocycles. The molecule has 0 aromatic heterocycles. The van der Waals surface area contributed by atoms with E-state index in [0.29, 0.717) is 19.1 Å². The number of amides is 1. The number of nitrogens with one attached hydrogen (secondary N) is 1. The zero-order valence-electron chi connectivity index (χ0n) is 11.0. The molecule has 1 aromatic carbocycles. The summed E-state index contributed by atoms with van der Waals surface area (Å²) in [5, 5.41) is 3.09. The minimum absolute atomic E-state index is 0.101. The Morgan fingerprint density at radius 3 is 2.58 bits per heavy atom. The summed E-state index contributed by atoms with van der Waals surface area (Å²) in [6.45, 7) is 0.431. The Morgan fingerprint density at radius 2 is 1.89 bits per heavy atom. The standard InChI is InChI=1S/C15H20BrNO2/c16-12-6-8-14(9-7-12)19-11-10-15(18)17-13-4-2-1-3-5-13/h6-9,13H,1-5,10-11H2,(H,17,18). The predicted octanol–water partition coefficient (Wildman–Crippen LogP) is 3.67. The average molecular weight is 326 g/mol. The van der Waals surface area contributed by atoms with Gasteiger partial charge < -0.3 is 10.1 Å². The average Bonchev–Trinajstić information content (AvgIpc) is 2.42. The van der Waals surface area contributed by atoms with E-state index in [0.717, 1.165) is 23.1 Å². The monoisotopic (exact) mass is 325 g/mol. The summed E-state index contributed by atoms with van der Waals surface area (Å²) in [5.41, 5.74) is 0. The Hall–Kier alpha value is -1.03. The van der Waals surface area contributed by atoms with Crippen LogP contribution in [0.15, 0.2) is 28.7 Å². The minimum Gasteiger partial charge on any atom is -0.493 e. The fourth-order valence-electron chi connectivity index (χ4n) is 2.34. The molecule has 1 aliphatic rings. The zero-order valence-corrected chi connectivity index (χ0v) is 12.6. The lowest BCUT2D eigenvalue weighted by Crippen LogP contribution is -2.36. The first kappa shape index (κ1) is 14.4. The van der Waals surface area contributed by atoms with E-state index in [1.807, 2.05) is 24.3 Å². The van der Waals surface area contributed by atoms with Crippen LogP contribution < -0.4 is 10.1 Å². The molecule has 19 heavy (non-hydrogen) atoms. The molecule has 0 radical (unpaired) electrons. The molecule has 0 atom stereocenters. The van der Waals surface area contributed by atoms with Crippen LogP contribution in [0.3, 0.4) is 0 Å². The van der Waals surface area contributed by atoms with Crippen LogP contribution in [0.2, 0.25) is 0 Å². The van der Waals surface area contributed by atoms with E-state index < -0.39 is 0 Å². The van der Waals surface area contributed by atoms with Gasteiger partial charge in [-0.25, -0.2) is 0 Å². The summed E-state index contributed by atoms with van der Waals surface area (Å²) in [5.74, 6) is 0.901. The van der Waals surface area contributed by atoms with Gasteiger partial charge >= 0.3 is 0 Å². The van der Waals surface area contributed by atoms with Gasteiger partial charge in [-0.3, -0.25) is 4.79 Å². The van der Waals surface area contributed by atoms with Crippen molar-refractivity contribution in [3.05, 3.63) is 28.7 Å². The lowest BCUT2D eigenvalue weighted by molar-refractivity contribution is -0.122. The van der Waals surface area contributed by atoms with Crippen LogP contribution in [-0.4, -0.2) is 18.6 Å². The fraction of sp³-hybridized carbons (Fsp3) is 0.533. The van der Waals surface area contributed by atoms with Crippen LogP contribution in [-0.2, 0) is 4.79 Å². The van der Waals surface area contributed by atoms with E-state index >= 15 is 0 Å². The third-order valence-corrected chi connectivity index (χ3v) is 3.91. The van der Waals surface area contributed by atoms with Crippen LogP contribution in [0.1, 0.15) is 38.5 Å².